The van der Waals surface area contributed by atoms with Gasteiger partial charge >= 0.3 is 0 Å². The molecule has 0 saturated carbocycles. The second-order valence-corrected chi connectivity index (χ2v) is 4.62. The van der Waals surface area contributed by atoms with Crippen molar-refractivity contribution in [2.24, 2.45) is 17.5 Å². The Balaban J connectivity index is 2.25. The molecule has 0 amide bonds. The minimum atomic E-state index is 0.191. The Morgan fingerprint density at radius 3 is 1.86 bits per heavy atom. The third kappa shape index (κ3) is 0.923. The van der Waals surface area contributed by atoms with Crippen molar-refractivity contribution in [3.63, 3.8) is 0 Å². The molecule has 0 fully saturated rings. The molecule has 0 bridgehead atoms. The van der Waals surface area contributed by atoms with E-state index < -0.39 is 0 Å². The van der Waals surface area contributed by atoms with Gasteiger partial charge in [0.25, 0.3) is 0 Å². The first-order chi connectivity index (χ1) is 6.79. The summed E-state index contributed by atoms with van der Waals surface area (Å²) < 4.78 is 17.4. The van der Waals surface area contributed by atoms with E-state index in [1.165, 1.54) is 33.9 Å². The monoisotopic (exact) mass is 224 g/mol. The van der Waals surface area contributed by atoms with E-state index in [4.69, 9.17) is 0 Å². The first-order valence-electron chi connectivity index (χ1n) is 4.35. The van der Waals surface area contributed by atoms with Crippen LogP contribution in [0.15, 0.2) is 40.0 Å². The number of nitrogens with zero attached hydrogens (tertiary/aromatic N) is 4. The molecule has 0 N–H and O–H groups in total. The maximum absolute atomic E-state index is 4.40. The number of rotatable bonds is 0. The van der Waals surface area contributed by atoms with Gasteiger partial charge in [0.2, 0.25) is 0 Å². The fourth-order valence-electron chi connectivity index (χ4n) is 1.86. The summed E-state index contributed by atoms with van der Waals surface area (Å²) in [5.41, 5.74) is 4.46. The van der Waals surface area contributed by atoms with Crippen molar-refractivity contribution in [1.82, 2.24) is 0 Å². The summed E-state index contributed by atoms with van der Waals surface area (Å²) >= 11 is 2.59. The van der Waals surface area contributed by atoms with Crippen molar-refractivity contribution in [1.29, 1.82) is 0 Å². The molecule has 6 heteroatoms. The molecule has 2 aliphatic heterocycles. The molecular weight excluding hydrogens is 216 g/mol. The van der Waals surface area contributed by atoms with Crippen LogP contribution in [0.25, 0.3) is 0 Å². The zero-order valence-electron chi connectivity index (χ0n) is 7.76. The highest BCUT2D eigenvalue weighted by Crippen LogP contribution is 2.38. The molecule has 1 aliphatic carbocycles. The molecule has 2 atom stereocenters. The average molecular weight is 224 g/mol. The van der Waals surface area contributed by atoms with Crippen LogP contribution in [0.5, 0.6) is 0 Å². The molecule has 0 radical (unpaired) electrons. The molecular formula is C8H8N4S2. The summed E-state index contributed by atoms with van der Waals surface area (Å²) in [6, 6.07) is 0.382. The number of fused-ring (bicyclic) bond motifs is 2. The maximum atomic E-state index is 4.40. The standard InChI is InChI=1S/C8H8N4S2/c1-3-5-7(11-13-9-5)4(2)8-6(3)10-14-12-8/h5,7H,1-2H3. The van der Waals surface area contributed by atoms with Gasteiger partial charge in [0.1, 0.15) is 23.5 Å². The Labute approximate surface area is 88.9 Å². The molecule has 4 nitrogen and oxygen atoms in total. The average Bonchev–Trinajstić information content (AvgIpc) is 2.82. The van der Waals surface area contributed by atoms with Gasteiger partial charge in [0, 0.05) is 0 Å². The topological polar surface area (TPSA) is 49.4 Å². The van der Waals surface area contributed by atoms with Crippen LogP contribution in [-0.4, -0.2) is 12.1 Å². The lowest BCUT2D eigenvalue weighted by atomic mass is 9.87. The second-order valence-electron chi connectivity index (χ2n) is 3.51. The molecule has 72 valence electrons. The third-order valence-electron chi connectivity index (χ3n) is 2.74. The fourth-order valence-corrected chi connectivity index (χ4v) is 3.33. The second kappa shape index (κ2) is 2.80. The minimum absolute atomic E-state index is 0.191. The molecule has 3 rings (SSSR count). The highest BCUT2D eigenvalue weighted by molar-refractivity contribution is 7.58. The van der Waals surface area contributed by atoms with Crippen LogP contribution >= 0.6 is 0 Å². The van der Waals surface area contributed by atoms with Crippen molar-refractivity contribution in [2.45, 2.75) is 25.9 Å². The van der Waals surface area contributed by atoms with E-state index in [9.17, 15) is 0 Å². The van der Waals surface area contributed by atoms with E-state index in [-0.39, 0.29) is 12.1 Å². The first kappa shape index (κ1) is 8.43. The van der Waals surface area contributed by atoms with Gasteiger partial charge in [0.05, 0.1) is 22.7 Å². The summed E-state index contributed by atoms with van der Waals surface area (Å²) in [5, 5.41) is 0. The predicted octanol–water partition coefficient (Wildman–Crippen LogP) is 2.21. The number of hydrogen-bond donors (Lipinski definition) is 0. The quantitative estimate of drug-likeness (QED) is 0.606. The van der Waals surface area contributed by atoms with Gasteiger partial charge in [-0.15, -0.1) is 0 Å². The van der Waals surface area contributed by atoms with E-state index in [0.717, 1.165) is 11.4 Å². The van der Waals surface area contributed by atoms with Crippen LogP contribution < -0.4 is 0 Å². The SMILES string of the molecule is CC1=C2N=S=NC2=C(C)C2N=S=NC12. The smallest absolute Gasteiger partial charge is 0.114 e. The molecule has 0 aromatic heterocycles. The highest BCUT2D eigenvalue weighted by Gasteiger charge is 2.36. The molecule has 2 heterocycles. The molecule has 0 spiro atoms. The van der Waals surface area contributed by atoms with Gasteiger partial charge in [-0.25, -0.2) is 8.73 Å². The Hall–Kier alpha value is -0.880. The van der Waals surface area contributed by atoms with Gasteiger partial charge in [-0.3, -0.25) is 0 Å². The zero-order valence-corrected chi connectivity index (χ0v) is 9.39. The highest BCUT2D eigenvalue weighted by atomic mass is 32.1. The third-order valence-corrected chi connectivity index (χ3v) is 3.91. The normalized spacial score (nSPS) is 33.0. The first-order valence-corrected chi connectivity index (χ1v) is 5.82. The molecule has 0 aromatic rings. The van der Waals surface area contributed by atoms with Crippen LogP contribution in [0.4, 0.5) is 0 Å². The molecule has 3 aliphatic rings. The van der Waals surface area contributed by atoms with Crippen molar-refractivity contribution in [2.75, 3.05) is 0 Å². The van der Waals surface area contributed by atoms with Crippen molar-refractivity contribution >= 4 is 22.7 Å². The van der Waals surface area contributed by atoms with Crippen LogP contribution in [0.2, 0.25) is 0 Å². The fraction of sp³-hybridized carbons (Fsp3) is 0.500. The predicted molar refractivity (Wildman–Crippen MR) is 57.4 cm³/mol. The number of hydrogen-bond acceptors (Lipinski definition) is 4. The van der Waals surface area contributed by atoms with Crippen LogP contribution in [-0.2, 0) is 22.7 Å². The molecule has 0 saturated heterocycles. The van der Waals surface area contributed by atoms with Gasteiger partial charge in [-0.1, -0.05) is 0 Å². The van der Waals surface area contributed by atoms with Gasteiger partial charge in [-0.2, -0.15) is 8.73 Å². The van der Waals surface area contributed by atoms with E-state index in [2.05, 4.69) is 31.3 Å². The summed E-state index contributed by atoms with van der Waals surface area (Å²) in [6.45, 7) is 4.16. The lowest BCUT2D eigenvalue weighted by Crippen LogP contribution is -2.27. The van der Waals surface area contributed by atoms with E-state index in [0.29, 0.717) is 0 Å². The lowest BCUT2D eigenvalue weighted by molar-refractivity contribution is 0.653. The maximum Gasteiger partial charge on any atom is 0.114 e. The van der Waals surface area contributed by atoms with Crippen LogP contribution in [0.1, 0.15) is 13.8 Å². The minimum Gasteiger partial charge on any atom is -0.203 e. The van der Waals surface area contributed by atoms with Gasteiger partial charge in [-0.05, 0) is 25.0 Å². The van der Waals surface area contributed by atoms with Crippen LogP contribution in [0, 0.1) is 0 Å². The lowest BCUT2D eigenvalue weighted by Gasteiger charge is -2.23. The summed E-state index contributed by atoms with van der Waals surface area (Å²) in [7, 11) is 0. The Bertz CT molecular complexity index is 475. The van der Waals surface area contributed by atoms with E-state index >= 15 is 0 Å². The Kier molecular flexibility index (Phi) is 1.69. The molecule has 0 aromatic carbocycles. The summed E-state index contributed by atoms with van der Waals surface area (Å²) in [5.74, 6) is 0. The van der Waals surface area contributed by atoms with Gasteiger partial charge in [0.15, 0.2) is 0 Å². The summed E-state index contributed by atoms with van der Waals surface area (Å²) in [4.78, 5) is 0. The zero-order chi connectivity index (χ0) is 9.71. The Morgan fingerprint density at radius 2 is 1.36 bits per heavy atom. The summed E-state index contributed by atoms with van der Waals surface area (Å²) in [6.07, 6.45) is 0. The molecule has 2 unspecified atom stereocenters. The van der Waals surface area contributed by atoms with E-state index in [1.807, 2.05) is 0 Å². The Morgan fingerprint density at radius 1 is 0.857 bits per heavy atom. The molecule has 14 heavy (non-hydrogen) atoms. The van der Waals surface area contributed by atoms with Crippen molar-refractivity contribution in [3.05, 3.63) is 22.5 Å². The van der Waals surface area contributed by atoms with Gasteiger partial charge < -0.3 is 0 Å². The van der Waals surface area contributed by atoms with Crippen molar-refractivity contribution < 1.29 is 0 Å². The van der Waals surface area contributed by atoms with Crippen LogP contribution in [0.3, 0.4) is 0 Å². The van der Waals surface area contributed by atoms with Crippen molar-refractivity contribution in [3.8, 4) is 0 Å². The van der Waals surface area contributed by atoms with E-state index in [1.54, 1.807) is 0 Å². The largest absolute Gasteiger partial charge is 0.203 e.